The Hall–Kier alpha value is -1.27. The fourth-order valence-electron chi connectivity index (χ4n) is 2.61. The second kappa shape index (κ2) is 6.45. The summed E-state index contributed by atoms with van der Waals surface area (Å²) < 4.78 is 41.1. The fraction of sp³-hybridized carbons (Fsp3) is 0.571. The Bertz CT molecular complexity index is 437. The highest BCUT2D eigenvalue weighted by molar-refractivity contribution is 5.33. The van der Waals surface area contributed by atoms with E-state index in [9.17, 15) is 13.2 Å². The summed E-state index contributed by atoms with van der Waals surface area (Å²) in [6, 6.07) is 6.34. The SMILES string of the molecule is CNCC1CCN(Cc2ccccc2OC(F)(F)F)C1. The minimum Gasteiger partial charge on any atom is -0.405 e. The lowest BCUT2D eigenvalue weighted by molar-refractivity contribution is -0.275. The second-order valence-corrected chi connectivity index (χ2v) is 5.10. The highest BCUT2D eigenvalue weighted by Gasteiger charge is 2.32. The lowest BCUT2D eigenvalue weighted by Crippen LogP contribution is -2.25. The monoisotopic (exact) mass is 288 g/mol. The number of ether oxygens (including phenoxy) is 1. The van der Waals surface area contributed by atoms with E-state index < -0.39 is 6.36 Å². The molecule has 112 valence electrons. The fourth-order valence-corrected chi connectivity index (χ4v) is 2.61. The van der Waals surface area contributed by atoms with Gasteiger partial charge in [-0.15, -0.1) is 13.2 Å². The van der Waals surface area contributed by atoms with Crippen molar-refractivity contribution in [1.82, 2.24) is 10.2 Å². The van der Waals surface area contributed by atoms with Gasteiger partial charge in [0.15, 0.2) is 0 Å². The lowest BCUT2D eigenvalue weighted by atomic mass is 10.1. The van der Waals surface area contributed by atoms with Gasteiger partial charge in [-0.1, -0.05) is 18.2 Å². The maximum absolute atomic E-state index is 12.4. The molecule has 1 aromatic carbocycles. The van der Waals surface area contributed by atoms with Crippen LogP contribution in [0.5, 0.6) is 5.75 Å². The number of likely N-dealkylation sites (tertiary alicyclic amines) is 1. The minimum absolute atomic E-state index is 0.0999. The maximum Gasteiger partial charge on any atom is 0.573 e. The molecule has 1 saturated heterocycles. The molecule has 0 radical (unpaired) electrons. The third-order valence-electron chi connectivity index (χ3n) is 3.46. The first-order valence-corrected chi connectivity index (χ1v) is 6.68. The van der Waals surface area contributed by atoms with Gasteiger partial charge in [0.05, 0.1) is 0 Å². The molecule has 1 aliphatic rings. The summed E-state index contributed by atoms with van der Waals surface area (Å²) in [5.41, 5.74) is 0.579. The molecular formula is C14H19F3N2O. The number of nitrogens with zero attached hydrogens (tertiary/aromatic N) is 1. The van der Waals surface area contributed by atoms with Crippen LogP contribution in [0.1, 0.15) is 12.0 Å². The van der Waals surface area contributed by atoms with Gasteiger partial charge in [-0.3, -0.25) is 4.90 Å². The van der Waals surface area contributed by atoms with Gasteiger partial charge in [-0.2, -0.15) is 0 Å². The largest absolute Gasteiger partial charge is 0.573 e. The molecule has 1 N–H and O–H groups in total. The van der Waals surface area contributed by atoms with Gasteiger partial charge >= 0.3 is 6.36 Å². The van der Waals surface area contributed by atoms with Crippen LogP contribution in [0.4, 0.5) is 13.2 Å². The molecular weight excluding hydrogens is 269 g/mol. The Kier molecular flexibility index (Phi) is 4.88. The molecule has 3 nitrogen and oxygen atoms in total. The van der Waals surface area contributed by atoms with Crippen LogP contribution in [0.15, 0.2) is 24.3 Å². The number of hydrogen-bond acceptors (Lipinski definition) is 3. The number of hydrogen-bond donors (Lipinski definition) is 1. The first-order chi connectivity index (χ1) is 9.48. The molecule has 0 saturated carbocycles. The molecule has 1 heterocycles. The number of halogens is 3. The first-order valence-electron chi connectivity index (χ1n) is 6.68. The quantitative estimate of drug-likeness (QED) is 0.901. The number of benzene rings is 1. The molecule has 1 fully saturated rings. The summed E-state index contributed by atoms with van der Waals surface area (Å²) in [7, 11) is 1.91. The molecule has 1 aliphatic heterocycles. The maximum atomic E-state index is 12.4. The van der Waals surface area contributed by atoms with Crippen molar-refractivity contribution >= 4 is 0 Å². The van der Waals surface area contributed by atoms with Gasteiger partial charge in [0.1, 0.15) is 5.75 Å². The Morgan fingerprint density at radius 1 is 1.35 bits per heavy atom. The molecule has 0 aliphatic carbocycles. The average molecular weight is 288 g/mol. The topological polar surface area (TPSA) is 24.5 Å². The third kappa shape index (κ3) is 4.38. The zero-order valence-corrected chi connectivity index (χ0v) is 11.4. The molecule has 6 heteroatoms. The summed E-state index contributed by atoms with van der Waals surface area (Å²) >= 11 is 0. The van der Waals surface area contributed by atoms with Crippen molar-refractivity contribution in [3.63, 3.8) is 0 Å². The molecule has 0 amide bonds. The van der Waals surface area contributed by atoms with E-state index in [2.05, 4.69) is 15.0 Å². The Morgan fingerprint density at radius 2 is 2.10 bits per heavy atom. The van der Waals surface area contributed by atoms with E-state index in [0.717, 1.165) is 26.1 Å². The summed E-state index contributed by atoms with van der Waals surface area (Å²) in [6.45, 7) is 3.25. The van der Waals surface area contributed by atoms with E-state index in [-0.39, 0.29) is 5.75 Å². The smallest absolute Gasteiger partial charge is 0.405 e. The standard InChI is InChI=1S/C14H19F3N2O/c1-18-8-11-6-7-19(9-11)10-12-4-2-3-5-13(12)20-14(15,16)17/h2-5,11,18H,6-10H2,1H3. The van der Waals surface area contributed by atoms with Gasteiger partial charge in [-0.05, 0) is 38.5 Å². The second-order valence-electron chi connectivity index (χ2n) is 5.10. The van der Waals surface area contributed by atoms with Crippen LogP contribution in [-0.2, 0) is 6.54 Å². The highest BCUT2D eigenvalue weighted by Crippen LogP contribution is 2.28. The zero-order chi connectivity index (χ0) is 14.6. The molecule has 2 rings (SSSR count). The van der Waals surface area contributed by atoms with E-state index >= 15 is 0 Å². The van der Waals surface area contributed by atoms with Gasteiger partial charge in [0.25, 0.3) is 0 Å². The average Bonchev–Trinajstić information content (AvgIpc) is 2.78. The summed E-state index contributed by atoms with van der Waals surface area (Å²) in [5.74, 6) is 0.466. The number of nitrogens with one attached hydrogen (secondary N) is 1. The minimum atomic E-state index is -4.64. The Labute approximate surface area is 116 Å². The van der Waals surface area contributed by atoms with Crippen molar-refractivity contribution in [3.8, 4) is 5.75 Å². The molecule has 1 atom stereocenters. The van der Waals surface area contributed by atoms with E-state index in [1.54, 1.807) is 18.2 Å². The van der Waals surface area contributed by atoms with E-state index in [1.807, 2.05) is 7.05 Å². The predicted octanol–water partition coefficient (Wildman–Crippen LogP) is 2.63. The van der Waals surface area contributed by atoms with Crippen molar-refractivity contribution in [1.29, 1.82) is 0 Å². The zero-order valence-electron chi connectivity index (χ0n) is 11.4. The summed E-state index contributed by atoms with van der Waals surface area (Å²) in [4.78, 5) is 2.17. The van der Waals surface area contributed by atoms with Crippen molar-refractivity contribution in [2.45, 2.75) is 19.3 Å². The molecule has 1 unspecified atom stereocenters. The van der Waals surface area contributed by atoms with Crippen LogP contribution in [-0.4, -0.2) is 37.9 Å². The van der Waals surface area contributed by atoms with Crippen LogP contribution >= 0.6 is 0 Å². The first kappa shape index (κ1) is 15.1. The van der Waals surface area contributed by atoms with Crippen molar-refractivity contribution < 1.29 is 17.9 Å². The highest BCUT2D eigenvalue weighted by atomic mass is 19.4. The van der Waals surface area contributed by atoms with Gasteiger partial charge in [0, 0.05) is 18.7 Å². The van der Waals surface area contributed by atoms with Gasteiger partial charge in [-0.25, -0.2) is 0 Å². The van der Waals surface area contributed by atoms with E-state index in [1.165, 1.54) is 6.07 Å². The van der Waals surface area contributed by atoms with Crippen LogP contribution in [0.2, 0.25) is 0 Å². The number of para-hydroxylation sites is 1. The summed E-state index contributed by atoms with van der Waals surface area (Å²) in [5, 5.41) is 3.14. The Balaban J connectivity index is 1.99. The van der Waals surface area contributed by atoms with Crippen molar-refractivity contribution in [2.24, 2.45) is 5.92 Å². The molecule has 0 bridgehead atoms. The molecule has 20 heavy (non-hydrogen) atoms. The van der Waals surface area contributed by atoms with Crippen LogP contribution < -0.4 is 10.1 Å². The normalized spacial score (nSPS) is 20.3. The van der Waals surface area contributed by atoms with Crippen LogP contribution in [0, 0.1) is 5.92 Å². The lowest BCUT2D eigenvalue weighted by Gasteiger charge is -2.19. The van der Waals surface area contributed by atoms with Crippen molar-refractivity contribution in [3.05, 3.63) is 29.8 Å². The molecule has 0 aromatic heterocycles. The summed E-state index contributed by atoms with van der Waals surface area (Å²) in [6.07, 6.45) is -3.57. The van der Waals surface area contributed by atoms with Crippen molar-refractivity contribution in [2.75, 3.05) is 26.7 Å². The van der Waals surface area contributed by atoms with Gasteiger partial charge in [0.2, 0.25) is 0 Å². The van der Waals surface area contributed by atoms with Crippen LogP contribution in [0.25, 0.3) is 0 Å². The van der Waals surface area contributed by atoms with Gasteiger partial charge < -0.3 is 10.1 Å². The number of rotatable bonds is 5. The van der Waals surface area contributed by atoms with Crippen LogP contribution in [0.3, 0.4) is 0 Å². The molecule has 1 aromatic rings. The predicted molar refractivity (Wildman–Crippen MR) is 70.4 cm³/mol. The number of alkyl halides is 3. The molecule has 0 spiro atoms. The van der Waals surface area contributed by atoms with E-state index in [0.29, 0.717) is 18.0 Å². The third-order valence-corrected chi connectivity index (χ3v) is 3.46. The Morgan fingerprint density at radius 3 is 2.80 bits per heavy atom. The van der Waals surface area contributed by atoms with E-state index in [4.69, 9.17) is 0 Å².